The zero-order chi connectivity index (χ0) is 24.0. The van der Waals surface area contributed by atoms with E-state index in [0.29, 0.717) is 5.16 Å². The first-order valence-electron chi connectivity index (χ1n) is 11.1. The van der Waals surface area contributed by atoms with Gasteiger partial charge in [-0.3, -0.25) is 0 Å². The largest absolute Gasteiger partial charge is 0.241 e. The van der Waals surface area contributed by atoms with Gasteiger partial charge in [-0.15, -0.1) is 5.10 Å². The summed E-state index contributed by atoms with van der Waals surface area (Å²) in [4.78, 5) is 0.240. The van der Waals surface area contributed by atoms with Crippen LogP contribution in [0.3, 0.4) is 0 Å². The predicted octanol–water partition coefficient (Wildman–Crippen LogP) is 4.99. The molecule has 35 heavy (non-hydrogen) atoms. The summed E-state index contributed by atoms with van der Waals surface area (Å²) in [6, 6.07) is 28.2. The summed E-state index contributed by atoms with van der Waals surface area (Å²) in [5.41, 5.74) is 3.85. The molecule has 0 fully saturated rings. The standard InChI is InChI=1S/C26H21N5O2S2/c1-17-13-15-20(16-14-17)35(32,33)28-24-21-11-5-7-18-8-6-12-22(23(18)21)25(24)34-26-27-29-30-31(26)19-9-3-2-4-10-19/h2-16,24-25,28H,1H3/t24-,25-/m1/s1. The lowest BCUT2D eigenvalue weighted by atomic mass is 10.1. The van der Waals surface area contributed by atoms with Gasteiger partial charge in [-0.25, -0.2) is 13.1 Å². The number of aromatic nitrogens is 4. The fourth-order valence-electron chi connectivity index (χ4n) is 4.55. The maximum Gasteiger partial charge on any atom is 0.241 e. The van der Waals surface area contributed by atoms with Crippen molar-refractivity contribution in [3.63, 3.8) is 0 Å². The van der Waals surface area contributed by atoms with Gasteiger partial charge in [0, 0.05) is 0 Å². The van der Waals surface area contributed by atoms with Crippen molar-refractivity contribution in [1.29, 1.82) is 0 Å². The van der Waals surface area contributed by atoms with Crippen LogP contribution in [0, 0.1) is 6.92 Å². The molecule has 1 aliphatic carbocycles. The van der Waals surface area contributed by atoms with Crippen LogP contribution < -0.4 is 4.72 Å². The van der Waals surface area contributed by atoms with E-state index in [0.717, 1.165) is 33.2 Å². The molecule has 5 aromatic rings. The zero-order valence-corrected chi connectivity index (χ0v) is 20.4. The molecule has 0 saturated heterocycles. The average molecular weight is 500 g/mol. The second kappa shape index (κ2) is 8.60. The third kappa shape index (κ3) is 3.91. The normalized spacial score (nSPS) is 17.2. The van der Waals surface area contributed by atoms with E-state index < -0.39 is 16.1 Å². The van der Waals surface area contributed by atoms with Gasteiger partial charge in [0.05, 0.1) is 21.9 Å². The van der Waals surface area contributed by atoms with Gasteiger partial charge in [0.15, 0.2) is 0 Å². The first-order chi connectivity index (χ1) is 17.0. The minimum absolute atomic E-state index is 0.240. The number of thioether (sulfide) groups is 1. The topological polar surface area (TPSA) is 89.8 Å². The fourth-order valence-corrected chi connectivity index (χ4v) is 7.09. The highest BCUT2D eigenvalue weighted by Gasteiger charge is 2.39. The van der Waals surface area contributed by atoms with Crippen molar-refractivity contribution in [2.75, 3.05) is 0 Å². The lowest BCUT2D eigenvalue weighted by Crippen LogP contribution is -2.30. The van der Waals surface area contributed by atoms with E-state index in [1.54, 1.807) is 28.9 Å². The molecule has 1 aromatic heterocycles. The summed E-state index contributed by atoms with van der Waals surface area (Å²) >= 11 is 1.46. The predicted molar refractivity (Wildman–Crippen MR) is 136 cm³/mol. The minimum atomic E-state index is -3.77. The lowest BCUT2D eigenvalue weighted by molar-refractivity contribution is 0.557. The molecule has 0 unspecified atom stereocenters. The van der Waals surface area contributed by atoms with Crippen molar-refractivity contribution < 1.29 is 8.42 Å². The molecule has 6 rings (SSSR count). The maximum absolute atomic E-state index is 13.4. The van der Waals surface area contributed by atoms with E-state index >= 15 is 0 Å². The molecule has 0 bridgehead atoms. The van der Waals surface area contributed by atoms with Gasteiger partial charge in [0.2, 0.25) is 15.2 Å². The van der Waals surface area contributed by atoms with Crippen molar-refractivity contribution >= 4 is 32.6 Å². The van der Waals surface area contributed by atoms with Crippen LogP contribution in [0.4, 0.5) is 0 Å². The molecule has 1 heterocycles. The Morgan fingerprint density at radius 2 is 1.57 bits per heavy atom. The number of hydrogen-bond acceptors (Lipinski definition) is 6. The highest BCUT2D eigenvalue weighted by atomic mass is 32.2. The third-order valence-corrected chi connectivity index (χ3v) is 8.90. The Balaban J connectivity index is 1.43. The number of para-hydroxylation sites is 1. The smallest absolute Gasteiger partial charge is 0.207 e. The van der Waals surface area contributed by atoms with Gasteiger partial charge in [0.25, 0.3) is 0 Å². The molecule has 174 valence electrons. The van der Waals surface area contributed by atoms with Crippen LogP contribution >= 0.6 is 11.8 Å². The van der Waals surface area contributed by atoms with Crippen LogP contribution in [0.25, 0.3) is 16.5 Å². The number of nitrogens with one attached hydrogen (secondary N) is 1. The van der Waals surface area contributed by atoms with Crippen LogP contribution in [0.5, 0.6) is 0 Å². The Morgan fingerprint density at radius 3 is 2.31 bits per heavy atom. The number of aryl methyl sites for hydroxylation is 1. The van der Waals surface area contributed by atoms with Gasteiger partial charge in [-0.05, 0) is 63.5 Å². The maximum atomic E-state index is 13.4. The summed E-state index contributed by atoms with van der Waals surface area (Å²) in [5, 5.41) is 14.8. The number of sulfonamides is 1. The number of benzene rings is 4. The molecule has 7 nitrogen and oxygen atoms in total. The Hall–Kier alpha value is -3.53. The third-order valence-electron chi connectivity index (χ3n) is 6.20. The van der Waals surface area contributed by atoms with Crippen LogP contribution in [-0.4, -0.2) is 28.6 Å². The van der Waals surface area contributed by atoms with E-state index in [2.05, 4.69) is 38.4 Å². The monoisotopic (exact) mass is 499 g/mol. The fraction of sp³-hybridized carbons (Fsp3) is 0.115. The van der Waals surface area contributed by atoms with Crippen LogP contribution in [0.2, 0.25) is 0 Å². The van der Waals surface area contributed by atoms with Crippen LogP contribution in [0.15, 0.2) is 101 Å². The van der Waals surface area contributed by atoms with E-state index in [1.165, 1.54) is 11.8 Å². The summed E-state index contributed by atoms with van der Waals surface area (Å²) in [5.74, 6) is 0. The number of tetrazole rings is 1. The van der Waals surface area contributed by atoms with Gasteiger partial charge < -0.3 is 0 Å². The molecular weight excluding hydrogens is 478 g/mol. The quantitative estimate of drug-likeness (QED) is 0.354. The summed E-state index contributed by atoms with van der Waals surface area (Å²) in [7, 11) is -3.77. The average Bonchev–Trinajstić information content (AvgIpc) is 3.45. The molecule has 0 radical (unpaired) electrons. The molecule has 1 N–H and O–H groups in total. The van der Waals surface area contributed by atoms with Crippen LogP contribution in [0.1, 0.15) is 28.0 Å². The second-order valence-electron chi connectivity index (χ2n) is 8.45. The Kier molecular flexibility index (Phi) is 5.40. The van der Waals surface area contributed by atoms with Crippen LogP contribution in [-0.2, 0) is 10.0 Å². The van der Waals surface area contributed by atoms with Crippen molar-refractivity contribution in [3.8, 4) is 5.69 Å². The summed E-state index contributed by atoms with van der Waals surface area (Å²) < 4.78 is 31.6. The lowest BCUT2D eigenvalue weighted by Gasteiger charge is -2.22. The number of rotatable bonds is 6. The number of nitrogens with zero attached hydrogens (tertiary/aromatic N) is 4. The second-order valence-corrected chi connectivity index (χ2v) is 11.3. The molecule has 0 aliphatic heterocycles. The van der Waals surface area contributed by atoms with E-state index in [9.17, 15) is 8.42 Å². The van der Waals surface area contributed by atoms with Gasteiger partial charge in [-0.2, -0.15) is 4.68 Å². The highest BCUT2D eigenvalue weighted by Crippen LogP contribution is 2.53. The molecule has 9 heteroatoms. The van der Waals surface area contributed by atoms with Crippen molar-refractivity contribution in [2.24, 2.45) is 0 Å². The van der Waals surface area contributed by atoms with Crippen molar-refractivity contribution in [3.05, 3.63) is 108 Å². The molecule has 0 saturated carbocycles. The van der Waals surface area contributed by atoms with Gasteiger partial charge in [-0.1, -0.05) is 84.1 Å². The Morgan fingerprint density at radius 1 is 0.857 bits per heavy atom. The molecular formula is C26H21N5O2S2. The zero-order valence-electron chi connectivity index (χ0n) is 18.7. The van der Waals surface area contributed by atoms with Crippen molar-refractivity contribution in [2.45, 2.75) is 28.3 Å². The molecule has 1 aliphatic rings. The van der Waals surface area contributed by atoms with Gasteiger partial charge in [0.1, 0.15) is 0 Å². The van der Waals surface area contributed by atoms with E-state index in [1.807, 2.05) is 55.5 Å². The molecule has 0 spiro atoms. The van der Waals surface area contributed by atoms with E-state index in [4.69, 9.17) is 0 Å². The number of hydrogen-bond donors (Lipinski definition) is 1. The van der Waals surface area contributed by atoms with Crippen molar-refractivity contribution in [1.82, 2.24) is 24.9 Å². The summed E-state index contributed by atoms with van der Waals surface area (Å²) in [6.45, 7) is 1.93. The Bertz CT molecular complexity index is 1630. The molecule has 0 amide bonds. The van der Waals surface area contributed by atoms with E-state index in [-0.39, 0.29) is 10.1 Å². The SMILES string of the molecule is Cc1ccc(S(=O)(=O)N[C@@H]2c3cccc4cccc(c34)[C@H]2Sc2nnnn2-c2ccccc2)cc1. The molecule has 4 aromatic carbocycles. The molecule has 2 atom stereocenters. The first-order valence-corrected chi connectivity index (χ1v) is 13.5. The first kappa shape index (κ1) is 22.0. The van der Waals surface area contributed by atoms with Gasteiger partial charge >= 0.3 is 0 Å². The minimum Gasteiger partial charge on any atom is -0.207 e. The summed E-state index contributed by atoms with van der Waals surface area (Å²) in [6.07, 6.45) is 0. The highest BCUT2D eigenvalue weighted by molar-refractivity contribution is 7.99. The Labute approximate surface area is 207 Å².